The van der Waals surface area contributed by atoms with Crippen molar-refractivity contribution in [1.29, 1.82) is 0 Å². The highest BCUT2D eigenvalue weighted by Crippen LogP contribution is 2.34. The first-order valence-electron chi connectivity index (χ1n) is 14.1. The average molecular weight is 545 g/mol. The highest BCUT2D eigenvalue weighted by atomic mass is 16.5. The third-order valence-electron chi connectivity index (χ3n) is 5.94. The summed E-state index contributed by atoms with van der Waals surface area (Å²) in [7, 11) is 0. The van der Waals surface area contributed by atoms with Crippen molar-refractivity contribution >= 4 is 17.3 Å². The minimum absolute atomic E-state index is 0.363. The average Bonchev–Trinajstić information content (AvgIpc) is 2.98. The van der Waals surface area contributed by atoms with Crippen LogP contribution in [0.15, 0.2) is 89.6 Å². The van der Waals surface area contributed by atoms with E-state index in [4.69, 9.17) is 18.9 Å². The zero-order valence-corrected chi connectivity index (χ0v) is 23.6. The predicted molar refractivity (Wildman–Crippen MR) is 159 cm³/mol. The van der Waals surface area contributed by atoms with Gasteiger partial charge in [0.25, 0.3) is 0 Å². The Morgan fingerprint density at radius 1 is 0.725 bits per heavy atom. The molecule has 0 aromatic heterocycles. The first-order chi connectivity index (χ1) is 19.6. The molecule has 0 spiro atoms. The van der Waals surface area contributed by atoms with E-state index in [2.05, 4.69) is 30.7 Å². The van der Waals surface area contributed by atoms with Crippen LogP contribution in [0.2, 0.25) is 0 Å². The number of carbonyl (C=O) groups excluding carboxylic acids is 1. The molecule has 3 rings (SSSR count). The van der Waals surface area contributed by atoms with Gasteiger partial charge in [0.1, 0.15) is 22.9 Å². The summed E-state index contributed by atoms with van der Waals surface area (Å²) < 4.78 is 23.0. The topological polar surface area (TPSA) is 78.7 Å². The van der Waals surface area contributed by atoms with Gasteiger partial charge in [-0.15, -0.1) is 11.7 Å². The van der Waals surface area contributed by atoms with Crippen LogP contribution in [0.3, 0.4) is 0 Å². The number of carbonyl (C=O) groups is 1. The van der Waals surface area contributed by atoms with Crippen LogP contribution < -0.4 is 18.9 Å². The Kier molecular flexibility index (Phi) is 13.3. The molecule has 3 aromatic carbocycles. The molecule has 0 bridgehead atoms. The molecular formula is C33H40N2O5. The van der Waals surface area contributed by atoms with E-state index < -0.39 is 5.97 Å². The normalized spacial score (nSPS) is 10.8. The van der Waals surface area contributed by atoms with E-state index in [1.807, 2.05) is 30.3 Å². The molecule has 0 atom stereocenters. The highest BCUT2D eigenvalue weighted by molar-refractivity contribution is 5.91. The third kappa shape index (κ3) is 10.6. The number of unbranched alkanes of at least 4 members (excludes halogenated alkanes) is 4. The predicted octanol–water partition coefficient (Wildman–Crippen LogP) is 9.41. The Hall–Kier alpha value is -4.13. The first kappa shape index (κ1) is 30.4. The zero-order chi connectivity index (χ0) is 28.4. The number of esters is 1. The van der Waals surface area contributed by atoms with Gasteiger partial charge < -0.3 is 18.9 Å². The zero-order valence-electron chi connectivity index (χ0n) is 23.6. The lowest BCUT2D eigenvalue weighted by molar-refractivity contribution is 0.0734. The number of rotatable bonds is 18. The number of benzene rings is 3. The van der Waals surface area contributed by atoms with E-state index >= 15 is 0 Å². The van der Waals surface area contributed by atoms with Gasteiger partial charge in [0.2, 0.25) is 0 Å². The van der Waals surface area contributed by atoms with Crippen LogP contribution in [0.4, 0.5) is 11.4 Å². The molecule has 0 aliphatic heterocycles. The van der Waals surface area contributed by atoms with Gasteiger partial charge in [0.15, 0.2) is 5.75 Å². The molecule has 212 valence electrons. The van der Waals surface area contributed by atoms with Crippen molar-refractivity contribution in [2.45, 2.75) is 58.8 Å². The Balaban J connectivity index is 1.68. The second kappa shape index (κ2) is 17.5. The molecule has 0 saturated heterocycles. The number of azo groups is 1. The summed E-state index contributed by atoms with van der Waals surface area (Å²) in [4.78, 5) is 12.8. The van der Waals surface area contributed by atoms with E-state index in [1.54, 1.807) is 42.5 Å². The molecular weight excluding hydrogens is 504 g/mol. The van der Waals surface area contributed by atoms with Gasteiger partial charge >= 0.3 is 5.97 Å². The fourth-order valence-electron chi connectivity index (χ4n) is 3.57. The second-order valence-electron chi connectivity index (χ2n) is 9.27. The number of nitrogens with zero attached hydrogens (tertiary/aromatic N) is 2. The van der Waals surface area contributed by atoms with Crippen molar-refractivity contribution in [3.63, 3.8) is 0 Å². The summed E-state index contributed by atoms with van der Waals surface area (Å²) in [5, 5.41) is 8.77. The lowest BCUT2D eigenvalue weighted by Crippen LogP contribution is -2.08. The summed E-state index contributed by atoms with van der Waals surface area (Å²) in [6, 6.07) is 19.5. The smallest absolute Gasteiger partial charge is 0.343 e. The quantitative estimate of drug-likeness (QED) is 0.0524. The molecule has 7 nitrogen and oxygen atoms in total. The molecule has 0 unspecified atom stereocenters. The van der Waals surface area contributed by atoms with Crippen LogP contribution in [-0.2, 0) is 0 Å². The summed E-state index contributed by atoms with van der Waals surface area (Å²) in [6.07, 6.45) is 8.80. The van der Waals surface area contributed by atoms with Gasteiger partial charge in [-0.2, -0.15) is 5.11 Å². The molecule has 40 heavy (non-hydrogen) atoms. The molecule has 0 aliphatic carbocycles. The maximum absolute atomic E-state index is 12.8. The fourth-order valence-corrected chi connectivity index (χ4v) is 3.57. The van der Waals surface area contributed by atoms with Gasteiger partial charge in [-0.05, 0) is 92.8 Å². The minimum Gasteiger partial charge on any atom is -0.494 e. The van der Waals surface area contributed by atoms with Crippen LogP contribution in [0.25, 0.3) is 0 Å². The third-order valence-corrected chi connectivity index (χ3v) is 5.94. The molecule has 7 heteroatoms. The van der Waals surface area contributed by atoms with E-state index in [0.717, 1.165) is 56.4 Å². The van der Waals surface area contributed by atoms with E-state index in [-0.39, 0.29) is 0 Å². The number of hydrogen-bond donors (Lipinski definition) is 0. The fraction of sp³-hybridized carbons (Fsp3) is 0.364. The Morgan fingerprint density at radius 2 is 1.32 bits per heavy atom. The number of hydrogen-bond acceptors (Lipinski definition) is 7. The van der Waals surface area contributed by atoms with E-state index in [1.165, 1.54) is 0 Å². The molecule has 0 amide bonds. The molecule has 0 radical (unpaired) electrons. The van der Waals surface area contributed by atoms with Crippen LogP contribution >= 0.6 is 0 Å². The molecule has 0 N–H and O–H groups in total. The van der Waals surface area contributed by atoms with Crippen molar-refractivity contribution in [3.05, 3.63) is 84.9 Å². The summed E-state index contributed by atoms with van der Waals surface area (Å²) in [5.74, 6) is 1.92. The van der Waals surface area contributed by atoms with Crippen molar-refractivity contribution in [1.82, 2.24) is 0 Å². The molecule has 0 aliphatic rings. The summed E-state index contributed by atoms with van der Waals surface area (Å²) >= 11 is 0. The van der Waals surface area contributed by atoms with Gasteiger partial charge in [-0.1, -0.05) is 32.8 Å². The lowest BCUT2D eigenvalue weighted by Gasteiger charge is -2.11. The summed E-state index contributed by atoms with van der Waals surface area (Å²) in [5.41, 5.74) is 1.67. The van der Waals surface area contributed by atoms with Crippen molar-refractivity contribution < 1.29 is 23.7 Å². The lowest BCUT2D eigenvalue weighted by atomic mass is 10.2. The van der Waals surface area contributed by atoms with Crippen LogP contribution in [0.1, 0.15) is 69.2 Å². The van der Waals surface area contributed by atoms with Gasteiger partial charge in [-0.25, -0.2) is 4.79 Å². The Bertz CT molecular complexity index is 1210. The number of ether oxygens (including phenoxy) is 4. The number of allylic oxidation sites excluding steroid dienone is 1. The summed E-state index contributed by atoms with van der Waals surface area (Å²) in [6.45, 7) is 9.85. The minimum atomic E-state index is -0.465. The largest absolute Gasteiger partial charge is 0.494 e. The van der Waals surface area contributed by atoms with Crippen molar-refractivity contribution in [3.8, 4) is 23.0 Å². The SMILES string of the molecule is C=CCCCCOc1cc(OC(=O)c2ccc(OCCCC)cc2)ccc1N=Nc1ccc(OCCCC)cc1. The highest BCUT2D eigenvalue weighted by Gasteiger charge is 2.12. The standard InChI is InChI=1S/C33H40N2O5/c1-4-7-10-11-24-39-32-25-30(40-33(36)26-12-16-28(17-13-26)37-22-8-5-2)20-21-31(32)35-34-27-14-18-29(19-15-27)38-23-9-6-3/h4,12-21,25H,1,5-11,22-24H2,2-3H3. The maximum Gasteiger partial charge on any atom is 0.343 e. The van der Waals surface area contributed by atoms with Crippen LogP contribution in [-0.4, -0.2) is 25.8 Å². The van der Waals surface area contributed by atoms with Gasteiger partial charge in [0, 0.05) is 6.07 Å². The first-order valence-corrected chi connectivity index (χ1v) is 14.1. The van der Waals surface area contributed by atoms with Crippen molar-refractivity contribution in [2.24, 2.45) is 10.2 Å². The molecule has 0 saturated carbocycles. The maximum atomic E-state index is 12.8. The van der Waals surface area contributed by atoms with Gasteiger partial charge in [0.05, 0.1) is 31.1 Å². The van der Waals surface area contributed by atoms with E-state index in [9.17, 15) is 4.79 Å². The monoisotopic (exact) mass is 544 g/mol. The molecule has 0 heterocycles. The molecule has 0 fully saturated rings. The van der Waals surface area contributed by atoms with Gasteiger partial charge in [-0.3, -0.25) is 0 Å². The molecule has 3 aromatic rings. The Morgan fingerprint density at radius 3 is 1.95 bits per heavy atom. The van der Waals surface area contributed by atoms with Crippen molar-refractivity contribution in [2.75, 3.05) is 19.8 Å². The van der Waals surface area contributed by atoms with Crippen LogP contribution in [0.5, 0.6) is 23.0 Å². The Labute approximate surface area is 237 Å². The van der Waals surface area contributed by atoms with Crippen LogP contribution in [0, 0.1) is 0 Å². The second-order valence-corrected chi connectivity index (χ2v) is 9.27. The van der Waals surface area contributed by atoms with E-state index in [0.29, 0.717) is 48.3 Å².